The molecule has 0 bridgehead atoms. The molecule has 21 heavy (non-hydrogen) atoms. The van der Waals surface area contributed by atoms with E-state index in [0.29, 0.717) is 11.7 Å². The number of imidazole rings is 1. The average molecular weight is 347 g/mol. The van der Waals surface area contributed by atoms with Gasteiger partial charge >= 0.3 is 0 Å². The summed E-state index contributed by atoms with van der Waals surface area (Å²) in [5.41, 5.74) is 1.72. The highest BCUT2D eigenvalue weighted by Gasteiger charge is 2.15. The van der Waals surface area contributed by atoms with Gasteiger partial charge in [0.2, 0.25) is 5.88 Å². The van der Waals surface area contributed by atoms with E-state index >= 15 is 0 Å². The third-order valence-corrected chi connectivity index (χ3v) is 3.80. The first-order chi connectivity index (χ1) is 10.2. The normalized spacial score (nSPS) is 10.6. The minimum atomic E-state index is -0.273. The summed E-state index contributed by atoms with van der Waals surface area (Å²) in [6, 6.07) is 14.0. The first kappa shape index (κ1) is 13.8. The van der Waals surface area contributed by atoms with Gasteiger partial charge in [-0.2, -0.15) is 0 Å². The number of rotatable bonds is 3. The minimum absolute atomic E-state index is 0.273. The molecule has 5 heteroatoms. The molecular weight excluding hydrogens is 335 g/mol. The summed E-state index contributed by atoms with van der Waals surface area (Å²) < 4.78 is 21.3. The highest BCUT2D eigenvalue weighted by molar-refractivity contribution is 9.10. The first-order valence-corrected chi connectivity index (χ1v) is 7.12. The summed E-state index contributed by atoms with van der Waals surface area (Å²) in [6.07, 6.45) is 1.65. The zero-order valence-corrected chi connectivity index (χ0v) is 12.8. The Hall–Kier alpha value is -2.14. The molecule has 3 rings (SSSR count). The Balaban J connectivity index is 2.22. The van der Waals surface area contributed by atoms with Crippen molar-refractivity contribution in [3.63, 3.8) is 0 Å². The SMILES string of the molecule is COc1cnc(-c2ccc(F)cc2)n1-c1ccccc1Br. The molecule has 0 aliphatic carbocycles. The van der Waals surface area contributed by atoms with Gasteiger partial charge in [0, 0.05) is 10.0 Å². The van der Waals surface area contributed by atoms with Gasteiger partial charge in [-0.05, 0) is 52.3 Å². The number of benzene rings is 2. The lowest BCUT2D eigenvalue weighted by Gasteiger charge is -2.12. The quantitative estimate of drug-likeness (QED) is 0.700. The number of halogens is 2. The molecule has 3 nitrogen and oxygen atoms in total. The lowest BCUT2D eigenvalue weighted by atomic mass is 10.2. The molecule has 0 saturated carbocycles. The van der Waals surface area contributed by atoms with Gasteiger partial charge in [0.1, 0.15) is 11.6 Å². The zero-order valence-electron chi connectivity index (χ0n) is 11.3. The molecule has 1 heterocycles. The molecule has 0 N–H and O–H groups in total. The van der Waals surface area contributed by atoms with Crippen LogP contribution in [0.3, 0.4) is 0 Å². The second-order valence-electron chi connectivity index (χ2n) is 4.42. The molecule has 0 saturated heterocycles. The Morgan fingerprint density at radius 2 is 1.81 bits per heavy atom. The summed E-state index contributed by atoms with van der Waals surface area (Å²) in [7, 11) is 1.60. The van der Waals surface area contributed by atoms with Crippen LogP contribution >= 0.6 is 15.9 Å². The molecule has 106 valence electrons. The lowest BCUT2D eigenvalue weighted by molar-refractivity contribution is 0.390. The summed E-state index contributed by atoms with van der Waals surface area (Å²) in [6.45, 7) is 0. The highest BCUT2D eigenvalue weighted by Crippen LogP contribution is 2.31. The van der Waals surface area contributed by atoms with Crippen LogP contribution in [0.1, 0.15) is 0 Å². The fourth-order valence-electron chi connectivity index (χ4n) is 2.15. The maximum atomic E-state index is 13.1. The summed E-state index contributed by atoms with van der Waals surface area (Å²) >= 11 is 3.54. The molecule has 1 aromatic heterocycles. The van der Waals surface area contributed by atoms with Gasteiger partial charge in [-0.3, -0.25) is 4.57 Å². The second kappa shape index (κ2) is 5.69. The number of nitrogens with zero attached hydrogens (tertiary/aromatic N) is 2. The molecule has 0 unspecified atom stereocenters. The van der Waals surface area contributed by atoms with Gasteiger partial charge in [0.15, 0.2) is 0 Å². The largest absolute Gasteiger partial charge is 0.481 e. The van der Waals surface area contributed by atoms with E-state index in [1.807, 2.05) is 28.8 Å². The van der Waals surface area contributed by atoms with Crippen LogP contribution in [-0.4, -0.2) is 16.7 Å². The van der Waals surface area contributed by atoms with Crippen LogP contribution in [0.5, 0.6) is 5.88 Å². The standard InChI is InChI=1S/C16H12BrFN2O/c1-21-15-10-19-16(11-6-8-12(18)9-7-11)20(15)14-5-3-2-4-13(14)17/h2-10H,1H3. The molecule has 0 amide bonds. The predicted octanol–water partition coefficient (Wildman–Crippen LogP) is 4.45. The summed E-state index contributed by atoms with van der Waals surface area (Å²) in [5, 5.41) is 0. The topological polar surface area (TPSA) is 27.1 Å². The van der Waals surface area contributed by atoms with E-state index in [-0.39, 0.29) is 5.82 Å². The Labute approximate surface area is 130 Å². The molecule has 0 aliphatic heterocycles. The minimum Gasteiger partial charge on any atom is -0.481 e. The number of para-hydroxylation sites is 1. The summed E-state index contributed by atoms with van der Waals surface area (Å²) in [5.74, 6) is 1.03. The second-order valence-corrected chi connectivity index (χ2v) is 5.27. The van der Waals surface area contributed by atoms with Gasteiger partial charge in [0.25, 0.3) is 0 Å². The Morgan fingerprint density at radius 1 is 1.10 bits per heavy atom. The number of ether oxygens (including phenoxy) is 1. The molecule has 0 atom stereocenters. The van der Waals surface area contributed by atoms with Crippen LogP contribution in [0.15, 0.2) is 59.2 Å². The number of aromatic nitrogens is 2. The fourth-order valence-corrected chi connectivity index (χ4v) is 2.61. The van der Waals surface area contributed by atoms with Crippen molar-refractivity contribution in [2.24, 2.45) is 0 Å². The maximum absolute atomic E-state index is 13.1. The van der Waals surface area contributed by atoms with Gasteiger partial charge in [-0.15, -0.1) is 0 Å². The van der Waals surface area contributed by atoms with Crippen molar-refractivity contribution in [3.05, 3.63) is 65.0 Å². The van der Waals surface area contributed by atoms with E-state index in [0.717, 1.165) is 15.7 Å². The van der Waals surface area contributed by atoms with Crippen LogP contribution in [0.2, 0.25) is 0 Å². The van der Waals surface area contributed by atoms with Crippen LogP contribution in [0.4, 0.5) is 4.39 Å². The molecule has 0 spiro atoms. The monoisotopic (exact) mass is 346 g/mol. The van der Waals surface area contributed by atoms with Crippen molar-refractivity contribution < 1.29 is 9.13 Å². The molecule has 2 aromatic carbocycles. The van der Waals surface area contributed by atoms with Crippen LogP contribution in [-0.2, 0) is 0 Å². The van der Waals surface area contributed by atoms with E-state index in [9.17, 15) is 4.39 Å². The number of hydrogen-bond acceptors (Lipinski definition) is 2. The molecule has 0 aliphatic rings. The van der Waals surface area contributed by atoms with Gasteiger partial charge < -0.3 is 4.74 Å². The molecular formula is C16H12BrFN2O. The van der Waals surface area contributed by atoms with E-state index in [1.165, 1.54) is 12.1 Å². The highest BCUT2D eigenvalue weighted by atomic mass is 79.9. The van der Waals surface area contributed by atoms with Crippen molar-refractivity contribution in [3.8, 4) is 23.0 Å². The third-order valence-electron chi connectivity index (χ3n) is 3.13. The molecule has 0 radical (unpaired) electrons. The van der Waals surface area contributed by atoms with E-state index in [4.69, 9.17) is 4.74 Å². The number of hydrogen-bond donors (Lipinski definition) is 0. The Bertz CT molecular complexity index is 768. The summed E-state index contributed by atoms with van der Waals surface area (Å²) in [4.78, 5) is 4.40. The average Bonchev–Trinajstić information content (AvgIpc) is 2.92. The van der Waals surface area contributed by atoms with Crippen molar-refractivity contribution in [1.29, 1.82) is 0 Å². The van der Waals surface area contributed by atoms with Crippen molar-refractivity contribution in [2.75, 3.05) is 7.11 Å². The van der Waals surface area contributed by atoms with Crippen molar-refractivity contribution >= 4 is 15.9 Å². The van der Waals surface area contributed by atoms with Crippen LogP contribution in [0, 0.1) is 5.82 Å². The zero-order chi connectivity index (χ0) is 14.8. The van der Waals surface area contributed by atoms with Crippen LogP contribution < -0.4 is 4.74 Å². The van der Waals surface area contributed by atoms with Crippen molar-refractivity contribution in [2.45, 2.75) is 0 Å². The molecule has 0 fully saturated rings. The Kier molecular flexibility index (Phi) is 3.75. The smallest absolute Gasteiger partial charge is 0.218 e. The van der Waals surface area contributed by atoms with E-state index < -0.39 is 0 Å². The van der Waals surface area contributed by atoms with E-state index in [1.54, 1.807) is 25.4 Å². The predicted molar refractivity (Wildman–Crippen MR) is 83.2 cm³/mol. The Morgan fingerprint density at radius 3 is 2.48 bits per heavy atom. The fraction of sp³-hybridized carbons (Fsp3) is 0.0625. The van der Waals surface area contributed by atoms with Gasteiger partial charge in [-0.1, -0.05) is 12.1 Å². The van der Waals surface area contributed by atoms with Gasteiger partial charge in [-0.25, -0.2) is 9.37 Å². The van der Waals surface area contributed by atoms with Gasteiger partial charge in [0.05, 0.1) is 19.0 Å². The molecule has 3 aromatic rings. The first-order valence-electron chi connectivity index (χ1n) is 6.33. The third kappa shape index (κ3) is 2.56. The van der Waals surface area contributed by atoms with E-state index in [2.05, 4.69) is 20.9 Å². The number of methoxy groups -OCH3 is 1. The van der Waals surface area contributed by atoms with Crippen LogP contribution in [0.25, 0.3) is 17.1 Å². The van der Waals surface area contributed by atoms with Crippen molar-refractivity contribution in [1.82, 2.24) is 9.55 Å². The maximum Gasteiger partial charge on any atom is 0.218 e. The lowest BCUT2D eigenvalue weighted by Crippen LogP contribution is -2.01.